The summed E-state index contributed by atoms with van der Waals surface area (Å²) in [5.41, 5.74) is 3.47. The van der Waals surface area contributed by atoms with Crippen LogP contribution in [0.15, 0.2) is 24.3 Å². The van der Waals surface area contributed by atoms with Crippen LogP contribution in [0.2, 0.25) is 0 Å². The summed E-state index contributed by atoms with van der Waals surface area (Å²) in [6, 6.07) is 7.20. The monoisotopic (exact) mass is 402 g/mol. The van der Waals surface area contributed by atoms with E-state index in [0.29, 0.717) is 31.1 Å². The van der Waals surface area contributed by atoms with Gasteiger partial charge in [-0.2, -0.15) is 0 Å². The molecule has 2 aromatic heterocycles. The zero-order valence-electron chi connectivity index (χ0n) is 15.0. The van der Waals surface area contributed by atoms with Gasteiger partial charge in [0.15, 0.2) is 5.13 Å². The number of nitro groups is 1. The number of anilines is 1. The Kier molecular flexibility index (Phi) is 4.56. The number of rotatable bonds is 3. The lowest BCUT2D eigenvalue weighted by molar-refractivity contribution is -0.380. The number of hydrogen-bond donors (Lipinski definition) is 0. The maximum atomic E-state index is 12.6. The van der Waals surface area contributed by atoms with Gasteiger partial charge in [-0.1, -0.05) is 28.7 Å². The van der Waals surface area contributed by atoms with Gasteiger partial charge in [-0.3, -0.25) is 14.9 Å². The molecule has 3 aromatic rings. The van der Waals surface area contributed by atoms with Gasteiger partial charge >= 0.3 is 5.00 Å². The normalized spacial score (nSPS) is 14.7. The second-order valence-corrected chi connectivity index (χ2v) is 8.64. The van der Waals surface area contributed by atoms with E-state index in [1.807, 2.05) is 0 Å². The smallest absolute Gasteiger partial charge is 0.324 e. The minimum Gasteiger partial charge on any atom is -0.345 e. The summed E-state index contributed by atoms with van der Waals surface area (Å²) in [6.07, 6.45) is 0. The number of thiazole rings is 1. The largest absolute Gasteiger partial charge is 0.345 e. The summed E-state index contributed by atoms with van der Waals surface area (Å²) in [4.78, 5) is 32.1. The van der Waals surface area contributed by atoms with Crippen molar-refractivity contribution in [1.29, 1.82) is 0 Å². The molecule has 0 aliphatic carbocycles. The Morgan fingerprint density at radius 3 is 2.56 bits per heavy atom. The first-order valence-electron chi connectivity index (χ1n) is 8.58. The summed E-state index contributed by atoms with van der Waals surface area (Å²) in [5.74, 6) is -0.136. The Labute approximate surface area is 164 Å². The van der Waals surface area contributed by atoms with Crippen molar-refractivity contribution in [3.63, 3.8) is 0 Å². The lowest BCUT2D eigenvalue weighted by atomic mass is 10.1. The first-order chi connectivity index (χ1) is 12.9. The topological polar surface area (TPSA) is 79.6 Å². The minimum absolute atomic E-state index is 0.00266. The number of hydrogen-bond acceptors (Lipinski definition) is 7. The molecular formula is C18H18N4O3S2. The van der Waals surface area contributed by atoms with E-state index in [2.05, 4.69) is 30.9 Å². The number of aryl methyl sites for hydroxylation is 2. The maximum absolute atomic E-state index is 12.6. The van der Waals surface area contributed by atoms with Gasteiger partial charge in [0.1, 0.15) is 0 Å². The number of piperazine rings is 1. The fourth-order valence-corrected chi connectivity index (χ4v) is 5.15. The van der Waals surface area contributed by atoms with Crippen molar-refractivity contribution in [3.8, 4) is 0 Å². The third kappa shape index (κ3) is 3.40. The molecule has 0 N–H and O–H groups in total. The zero-order valence-corrected chi connectivity index (χ0v) is 16.6. The number of carbonyl (C=O) groups excluding carboxylic acids is 1. The quantitative estimate of drug-likeness (QED) is 0.491. The molecule has 1 saturated heterocycles. The predicted molar refractivity (Wildman–Crippen MR) is 108 cm³/mol. The van der Waals surface area contributed by atoms with Crippen molar-refractivity contribution < 1.29 is 9.72 Å². The molecule has 1 aliphatic rings. The molecule has 27 heavy (non-hydrogen) atoms. The van der Waals surface area contributed by atoms with E-state index in [4.69, 9.17) is 4.98 Å². The van der Waals surface area contributed by atoms with Crippen LogP contribution < -0.4 is 4.90 Å². The number of amides is 1. The fraction of sp³-hybridized carbons (Fsp3) is 0.333. The first kappa shape index (κ1) is 17.9. The maximum Gasteiger partial charge on any atom is 0.324 e. The molecule has 0 bridgehead atoms. The Hall–Kier alpha value is -2.52. The van der Waals surface area contributed by atoms with Gasteiger partial charge in [0, 0.05) is 32.2 Å². The van der Waals surface area contributed by atoms with Crippen molar-refractivity contribution >= 4 is 48.9 Å². The van der Waals surface area contributed by atoms with Crippen LogP contribution in [0, 0.1) is 24.0 Å². The Morgan fingerprint density at radius 2 is 1.89 bits per heavy atom. The summed E-state index contributed by atoms with van der Waals surface area (Å²) in [7, 11) is 0. The molecule has 9 heteroatoms. The highest BCUT2D eigenvalue weighted by molar-refractivity contribution is 7.22. The van der Waals surface area contributed by atoms with Gasteiger partial charge in [-0.25, -0.2) is 4.98 Å². The van der Waals surface area contributed by atoms with Gasteiger partial charge < -0.3 is 9.80 Å². The molecule has 0 unspecified atom stereocenters. The summed E-state index contributed by atoms with van der Waals surface area (Å²) in [5, 5.41) is 11.8. The molecule has 0 spiro atoms. The van der Waals surface area contributed by atoms with Crippen LogP contribution in [0.1, 0.15) is 20.8 Å². The third-order valence-electron chi connectivity index (χ3n) is 4.63. The number of nitrogens with zero attached hydrogens (tertiary/aromatic N) is 4. The Morgan fingerprint density at radius 1 is 1.15 bits per heavy atom. The second kappa shape index (κ2) is 6.90. The van der Waals surface area contributed by atoms with E-state index in [1.54, 1.807) is 16.2 Å². The fourth-order valence-electron chi connectivity index (χ4n) is 3.30. The number of fused-ring (bicyclic) bond motifs is 1. The van der Waals surface area contributed by atoms with Crippen molar-refractivity contribution in [2.24, 2.45) is 0 Å². The van der Waals surface area contributed by atoms with Gasteiger partial charge in [0.25, 0.3) is 5.91 Å². The van der Waals surface area contributed by atoms with Crippen molar-refractivity contribution in [3.05, 3.63) is 50.4 Å². The van der Waals surface area contributed by atoms with Crippen LogP contribution in [0.4, 0.5) is 10.1 Å². The van der Waals surface area contributed by atoms with Crippen molar-refractivity contribution in [2.75, 3.05) is 31.1 Å². The predicted octanol–water partition coefficient (Wildman–Crippen LogP) is 3.85. The molecule has 1 amide bonds. The van der Waals surface area contributed by atoms with Crippen molar-refractivity contribution in [2.45, 2.75) is 13.8 Å². The highest BCUT2D eigenvalue weighted by atomic mass is 32.1. The molecular weight excluding hydrogens is 384 g/mol. The average molecular weight is 403 g/mol. The molecule has 1 aliphatic heterocycles. The number of thiophene rings is 1. The van der Waals surface area contributed by atoms with Gasteiger partial charge in [0.2, 0.25) is 0 Å². The van der Waals surface area contributed by atoms with Gasteiger partial charge in [-0.15, -0.1) is 0 Å². The SMILES string of the molecule is Cc1cc(C)c2sc(N3CCN(C(=O)c4ccc([N+](=O)[O-])s4)CC3)nc2c1. The lowest BCUT2D eigenvalue weighted by Crippen LogP contribution is -2.48. The van der Waals surface area contributed by atoms with Crippen LogP contribution in [0.3, 0.4) is 0 Å². The summed E-state index contributed by atoms with van der Waals surface area (Å²) < 4.78 is 1.21. The molecule has 0 atom stereocenters. The van der Waals surface area contributed by atoms with Crippen LogP contribution in [-0.4, -0.2) is 46.9 Å². The summed E-state index contributed by atoms with van der Waals surface area (Å²) in [6.45, 7) is 6.75. The van der Waals surface area contributed by atoms with Crippen LogP contribution in [-0.2, 0) is 0 Å². The first-order valence-corrected chi connectivity index (χ1v) is 10.2. The number of aromatic nitrogens is 1. The molecule has 1 fully saturated rings. The van der Waals surface area contributed by atoms with Crippen molar-refractivity contribution in [1.82, 2.24) is 9.88 Å². The Bertz CT molecular complexity index is 1030. The van der Waals surface area contributed by atoms with E-state index >= 15 is 0 Å². The van der Waals surface area contributed by atoms with E-state index in [9.17, 15) is 14.9 Å². The van der Waals surface area contributed by atoms with Crippen LogP contribution >= 0.6 is 22.7 Å². The molecule has 0 radical (unpaired) electrons. The second-order valence-electron chi connectivity index (χ2n) is 6.60. The number of benzene rings is 1. The standard InChI is InChI=1S/C18H18N4O3S2/c1-11-9-12(2)16-13(10-11)19-18(27-16)21-7-5-20(6-8-21)17(23)14-3-4-15(26-14)22(24)25/h3-4,9-10H,5-8H2,1-2H3. The third-order valence-corrected chi connectivity index (χ3v) is 6.92. The summed E-state index contributed by atoms with van der Waals surface area (Å²) >= 11 is 2.62. The van der Waals surface area contributed by atoms with E-state index in [0.717, 1.165) is 22.0 Å². The van der Waals surface area contributed by atoms with Gasteiger partial charge in [0.05, 0.1) is 20.0 Å². The highest BCUT2D eigenvalue weighted by Crippen LogP contribution is 2.33. The van der Waals surface area contributed by atoms with Crippen LogP contribution in [0.25, 0.3) is 10.2 Å². The average Bonchev–Trinajstić information content (AvgIpc) is 3.28. The van der Waals surface area contributed by atoms with E-state index in [1.165, 1.54) is 28.0 Å². The minimum atomic E-state index is -0.462. The van der Waals surface area contributed by atoms with E-state index < -0.39 is 4.92 Å². The molecule has 0 saturated carbocycles. The molecule has 3 heterocycles. The lowest BCUT2D eigenvalue weighted by Gasteiger charge is -2.34. The number of carbonyl (C=O) groups is 1. The molecule has 1 aromatic carbocycles. The molecule has 140 valence electrons. The van der Waals surface area contributed by atoms with Crippen LogP contribution in [0.5, 0.6) is 0 Å². The molecule has 7 nitrogen and oxygen atoms in total. The van der Waals surface area contributed by atoms with E-state index in [-0.39, 0.29) is 10.9 Å². The molecule has 4 rings (SSSR count). The highest BCUT2D eigenvalue weighted by Gasteiger charge is 2.26. The zero-order chi connectivity index (χ0) is 19.1. The Balaban J connectivity index is 1.46. The van der Waals surface area contributed by atoms with Gasteiger partial charge in [-0.05, 0) is 37.1 Å².